The second-order valence-electron chi connectivity index (χ2n) is 5.58. The van der Waals surface area contributed by atoms with Crippen molar-refractivity contribution in [2.75, 3.05) is 5.32 Å². The highest BCUT2D eigenvalue weighted by atomic mass is 32.1. The molecule has 0 atom stereocenters. The molecular weight excluding hydrogens is 345 g/mol. The number of rotatable bonds is 6. The van der Waals surface area contributed by atoms with E-state index in [2.05, 4.69) is 15.5 Å². The van der Waals surface area contributed by atoms with Crippen LogP contribution in [0.3, 0.4) is 0 Å². The third kappa shape index (κ3) is 4.21. The molecule has 0 saturated carbocycles. The highest BCUT2D eigenvalue weighted by molar-refractivity contribution is 7.14. The number of nitrogens with one attached hydrogen (secondary N) is 1. The molecule has 2 aromatic heterocycles. The lowest BCUT2D eigenvalue weighted by atomic mass is 10.2. The molecule has 25 heavy (non-hydrogen) atoms. The largest absolute Gasteiger partial charge is 0.482 e. The number of ether oxygens (including phenoxy) is 1. The Bertz CT molecular complexity index is 875. The van der Waals surface area contributed by atoms with Crippen molar-refractivity contribution >= 4 is 22.4 Å². The van der Waals surface area contributed by atoms with Crippen LogP contribution in [-0.2, 0) is 6.61 Å². The van der Waals surface area contributed by atoms with Gasteiger partial charge in [-0.05, 0) is 18.1 Å². The summed E-state index contributed by atoms with van der Waals surface area (Å²) in [6.07, 6.45) is 0. The molecule has 1 amide bonds. The number of halogens is 1. The van der Waals surface area contributed by atoms with Crippen LogP contribution in [0.25, 0.3) is 0 Å². The Kier molecular flexibility index (Phi) is 5.08. The molecule has 0 aliphatic rings. The summed E-state index contributed by atoms with van der Waals surface area (Å²) in [4.78, 5) is 16.5. The Morgan fingerprint density at radius 1 is 1.40 bits per heavy atom. The van der Waals surface area contributed by atoms with Crippen molar-refractivity contribution in [3.05, 3.63) is 58.7 Å². The van der Waals surface area contributed by atoms with Crippen LogP contribution in [0.1, 0.15) is 41.7 Å². The van der Waals surface area contributed by atoms with Crippen LogP contribution in [0.2, 0.25) is 0 Å². The van der Waals surface area contributed by atoms with Gasteiger partial charge in [-0.1, -0.05) is 31.1 Å². The first kappa shape index (κ1) is 17.1. The summed E-state index contributed by atoms with van der Waals surface area (Å²) in [5.41, 5.74) is 1.02. The maximum Gasteiger partial charge on any atom is 0.279 e. The molecule has 3 rings (SSSR count). The number of para-hydroxylation sites is 1. The molecule has 6 nitrogen and oxygen atoms in total. The Balaban J connectivity index is 1.60. The van der Waals surface area contributed by atoms with Crippen LogP contribution < -0.4 is 10.1 Å². The number of aromatic nitrogens is 2. The van der Waals surface area contributed by atoms with Crippen molar-refractivity contribution in [3.63, 3.8) is 0 Å². The van der Waals surface area contributed by atoms with Gasteiger partial charge in [0.1, 0.15) is 6.61 Å². The SMILES string of the molecule is CC(C)c1csc(NC(=O)c2cc(COc3ccccc3F)on2)n1. The van der Waals surface area contributed by atoms with E-state index in [9.17, 15) is 9.18 Å². The summed E-state index contributed by atoms with van der Waals surface area (Å²) in [7, 11) is 0. The fourth-order valence-corrected chi connectivity index (χ4v) is 2.84. The van der Waals surface area contributed by atoms with E-state index in [0.717, 1.165) is 5.69 Å². The molecule has 0 aliphatic carbocycles. The van der Waals surface area contributed by atoms with Crippen molar-refractivity contribution in [1.82, 2.24) is 10.1 Å². The van der Waals surface area contributed by atoms with Crippen LogP contribution in [0.4, 0.5) is 9.52 Å². The number of amides is 1. The summed E-state index contributed by atoms with van der Waals surface area (Å²) in [6, 6.07) is 7.49. The van der Waals surface area contributed by atoms with E-state index in [1.807, 2.05) is 19.2 Å². The summed E-state index contributed by atoms with van der Waals surface area (Å²) >= 11 is 1.35. The lowest BCUT2D eigenvalue weighted by Gasteiger charge is -2.03. The first-order chi connectivity index (χ1) is 12.0. The minimum Gasteiger partial charge on any atom is -0.482 e. The maximum atomic E-state index is 13.5. The quantitative estimate of drug-likeness (QED) is 0.711. The molecule has 0 saturated heterocycles. The van der Waals surface area contributed by atoms with Crippen molar-refractivity contribution < 1.29 is 18.4 Å². The second kappa shape index (κ2) is 7.43. The molecule has 3 aromatic rings. The molecule has 8 heteroatoms. The molecule has 0 fully saturated rings. The number of thiazole rings is 1. The fourth-order valence-electron chi connectivity index (χ4n) is 1.97. The minimum atomic E-state index is -0.468. The standard InChI is InChI=1S/C17H16FN3O3S/c1-10(2)14-9-25-17(19-14)20-16(22)13-7-11(24-21-13)8-23-15-6-4-3-5-12(15)18/h3-7,9-10H,8H2,1-2H3,(H,19,20,22). The van der Waals surface area contributed by atoms with Crippen molar-refractivity contribution in [1.29, 1.82) is 0 Å². The minimum absolute atomic E-state index is 0.0318. The Labute approximate surface area is 147 Å². The third-order valence-corrected chi connectivity index (χ3v) is 4.11. The second-order valence-corrected chi connectivity index (χ2v) is 6.44. The molecule has 0 unspecified atom stereocenters. The molecule has 1 aromatic carbocycles. The normalized spacial score (nSPS) is 10.9. The molecular formula is C17H16FN3O3S. The van der Waals surface area contributed by atoms with Gasteiger partial charge in [-0.3, -0.25) is 10.1 Å². The number of carbonyl (C=O) groups is 1. The predicted octanol–water partition coefficient (Wildman–Crippen LogP) is 4.22. The zero-order chi connectivity index (χ0) is 17.8. The van der Waals surface area contributed by atoms with Crippen LogP contribution in [0, 0.1) is 5.82 Å². The third-order valence-electron chi connectivity index (χ3n) is 3.33. The van der Waals surface area contributed by atoms with Crippen LogP contribution in [0.15, 0.2) is 40.2 Å². The Morgan fingerprint density at radius 2 is 2.20 bits per heavy atom. The highest BCUT2D eigenvalue weighted by Crippen LogP contribution is 2.22. The Hall–Kier alpha value is -2.74. The fraction of sp³-hybridized carbons (Fsp3) is 0.235. The highest BCUT2D eigenvalue weighted by Gasteiger charge is 2.15. The number of carbonyl (C=O) groups excluding carboxylic acids is 1. The van der Waals surface area contributed by atoms with Crippen molar-refractivity contribution in [2.24, 2.45) is 0 Å². The van der Waals surface area contributed by atoms with Gasteiger partial charge in [0.25, 0.3) is 5.91 Å². The topological polar surface area (TPSA) is 77.2 Å². The average molecular weight is 361 g/mol. The van der Waals surface area contributed by atoms with Gasteiger partial charge in [-0.2, -0.15) is 0 Å². The van der Waals surface area contributed by atoms with Crippen molar-refractivity contribution in [3.8, 4) is 5.75 Å². The number of anilines is 1. The zero-order valence-corrected chi connectivity index (χ0v) is 14.5. The Morgan fingerprint density at radius 3 is 2.92 bits per heavy atom. The summed E-state index contributed by atoms with van der Waals surface area (Å²) < 4.78 is 23.9. The molecule has 0 aliphatic heterocycles. The molecule has 1 N–H and O–H groups in total. The van der Waals surface area contributed by atoms with Gasteiger partial charge < -0.3 is 9.26 Å². The first-order valence-corrected chi connectivity index (χ1v) is 8.50. The maximum absolute atomic E-state index is 13.5. The van der Waals surface area contributed by atoms with Gasteiger partial charge in [-0.15, -0.1) is 11.3 Å². The van der Waals surface area contributed by atoms with E-state index in [1.165, 1.54) is 29.5 Å². The van der Waals surface area contributed by atoms with E-state index in [4.69, 9.17) is 9.26 Å². The average Bonchev–Trinajstić information content (AvgIpc) is 3.23. The van der Waals surface area contributed by atoms with E-state index < -0.39 is 11.7 Å². The lowest BCUT2D eigenvalue weighted by molar-refractivity contribution is 0.101. The first-order valence-electron chi connectivity index (χ1n) is 7.62. The molecule has 0 radical (unpaired) electrons. The predicted molar refractivity (Wildman–Crippen MR) is 91.4 cm³/mol. The smallest absolute Gasteiger partial charge is 0.279 e. The molecule has 0 spiro atoms. The number of benzene rings is 1. The molecule has 0 bridgehead atoms. The van der Waals surface area contributed by atoms with Crippen LogP contribution in [0.5, 0.6) is 5.75 Å². The van der Waals surface area contributed by atoms with E-state index in [0.29, 0.717) is 10.9 Å². The van der Waals surface area contributed by atoms with Gasteiger partial charge in [0, 0.05) is 11.4 Å². The van der Waals surface area contributed by atoms with Gasteiger partial charge in [0.15, 0.2) is 28.2 Å². The number of nitrogens with zero attached hydrogens (tertiary/aromatic N) is 2. The summed E-state index contributed by atoms with van der Waals surface area (Å²) in [5.74, 6) is -0.185. The van der Waals surface area contributed by atoms with Crippen LogP contribution >= 0.6 is 11.3 Å². The van der Waals surface area contributed by atoms with Gasteiger partial charge >= 0.3 is 0 Å². The van der Waals surface area contributed by atoms with Gasteiger partial charge in [0.2, 0.25) is 0 Å². The van der Waals surface area contributed by atoms with E-state index in [1.54, 1.807) is 12.1 Å². The van der Waals surface area contributed by atoms with Gasteiger partial charge in [-0.25, -0.2) is 9.37 Å². The van der Waals surface area contributed by atoms with E-state index in [-0.39, 0.29) is 24.0 Å². The zero-order valence-electron chi connectivity index (χ0n) is 13.7. The van der Waals surface area contributed by atoms with Crippen LogP contribution in [-0.4, -0.2) is 16.0 Å². The summed E-state index contributed by atoms with van der Waals surface area (Å²) in [6.45, 7) is 4.02. The summed E-state index contributed by atoms with van der Waals surface area (Å²) in [5, 5.41) is 8.78. The van der Waals surface area contributed by atoms with E-state index >= 15 is 0 Å². The molecule has 2 heterocycles. The lowest BCUT2D eigenvalue weighted by Crippen LogP contribution is -2.12. The molecule has 130 valence electrons. The van der Waals surface area contributed by atoms with Crippen molar-refractivity contribution in [2.45, 2.75) is 26.4 Å². The number of hydrogen-bond acceptors (Lipinski definition) is 6. The number of hydrogen-bond donors (Lipinski definition) is 1. The van der Waals surface area contributed by atoms with Gasteiger partial charge in [0.05, 0.1) is 5.69 Å². The monoisotopic (exact) mass is 361 g/mol.